The Balaban J connectivity index is 2.05. The van der Waals surface area contributed by atoms with Crippen LogP contribution in [0.25, 0.3) is 0 Å². The lowest BCUT2D eigenvalue weighted by molar-refractivity contribution is 0.0531. The van der Waals surface area contributed by atoms with Gasteiger partial charge in [0.2, 0.25) is 0 Å². The Kier molecular flexibility index (Phi) is 6.93. The van der Waals surface area contributed by atoms with Crippen LogP contribution in [-0.2, 0) is 9.47 Å². The third kappa shape index (κ3) is 5.99. The molecule has 0 aliphatic heterocycles. The molecule has 0 aliphatic rings. The van der Waals surface area contributed by atoms with Gasteiger partial charge in [-0.3, -0.25) is 9.78 Å². The highest BCUT2D eigenvalue weighted by molar-refractivity contribution is 5.92. The maximum absolute atomic E-state index is 11.5. The molecule has 1 heterocycles. The molecule has 0 saturated carbocycles. The van der Waals surface area contributed by atoms with E-state index < -0.39 is 0 Å². The highest BCUT2D eigenvalue weighted by Gasteiger charge is 2.04. The zero-order chi connectivity index (χ0) is 12.3. The van der Waals surface area contributed by atoms with Crippen LogP contribution in [0.4, 0.5) is 0 Å². The van der Waals surface area contributed by atoms with Gasteiger partial charge in [0, 0.05) is 19.3 Å². The normalized spacial score (nSPS) is 10.2. The number of amides is 1. The lowest BCUT2D eigenvalue weighted by Crippen LogP contribution is -2.28. The van der Waals surface area contributed by atoms with Crippen molar-refractivity contribution >= 4 is 5.91 Å². The van der Waals surface area contributed by atoms with Crippen molar-refractivity contribution in [3.05, 3.63) is 30.1 Å². The lowest BCUT2D eigenvalue weighted by Gasteiger charge is -2.06. The number of carbonyl (C=O) groups excluding carboxylic acids is 1. The fraction of sp³-hybridized carbons (Fsp3) is 0.500. The third-order valence-corrected chi connectivity index (χ3v) is 2.01. The van der Waals surface area contributed by atoms with E-state index in [0.29, 0.717) is 38.7 Å². The van der Waals surface area contributed by atoms with Crippen molar-refractivity contribution in [1.82, 2.24) is 10.3 Å². The molecule has 17 heavy (non-hydrogen) atoms. The first-order chi connectivity index (χ1) is 8.34. The topological polar surface area (TPSA) is 60.5 Å². The predicted molar refractivity (Wildman–Crippen MR) is 63.9 cm³/mol. The molecular formula is C12H18N2O3. The molecule has 0 spiro atoms. The molecule has 1 amide bonds. The maximum atomic E-state index is 11.5. The van der Waals surface area contributed by atoms with E-state index in [9.17, 15) is 4.79 Å². The number of carbonyl (C=O) groups is 1. The molecule has 0 atom stereocenters. The zero-order valence-electron chi connectivity index (χ0n) is 10.0. The molecule has 0 bridgehead atoms. The molecule has 5 heteroatoms. The minimum Gasteiger partial charge on any atom is -0.379 e. The highest BCUT2D eigenvalue weighted by Crippen LogP contribution is 1.92. The fourth-order valence-electron chi connectivity index (χ4n) is 1.19. The van der Waals surface area contributed by atoms with Gasteiger partial charge in [0.05, 0.1) is 19.8 Å². The van der Waals surface area contributed by atoms with Gasteiger partial charge in [0.25, 0.3) is 5.91 Å². The van der Waals surface area contributed by atoms with Crippen molar-refractivity contribution in [3.63, 3.8) is 0 Å². The molecule has 1 N–H and O–H groups in total. The molecule has 1 aromatic rings. The summed E-state index contributed by atoms with van der Waals surface area (Å²) in [4.78, 5) is 15.5. The first-order valence-corrected chi connectivity index (χ1v) is 5.69. The van der Waals surface area contributed by atoms with Crippen LogP contribution < -0.4 is 5.32 Å². The van der Waals surface area contributed by atoms with Crippen LogP contribution in [-0.4, -0.2) is 43.9 Å². The molecule has 0 unspecified atom stereocenters. The minimum absolute atomic E-state index is 0.181. The number of nitrogens with one attached hydrogen (secondary N) is 1. The van der Waals surface area contributed by atoms with Crippen molar-refractivity contribution in [3.8, 4) is 0 Å². The Labute approximate surface area is 101 Å². The summed E-state index contributed by atoms with van der Waals surface area (Å²) in [7, 11) is 0. The van der Waals surface area contributed by atoms with E-state index in [-0.39, 0.29) is 5.91 Å². The van der Waals surface area contributed by atoms with Crippen LogP contribution in [0, 0.1) is 0 Å². The fourth-order valence-corrected chi connectivity index (χ4v) is 1.19. The van der Waals surface area contributed by atoms with Gasteiger partial charge in [-0.2, -0.15) is 0 Å². The van der Waals surface area contributed by atoms with E-state index in [0.717, 1.165) is 0 Å². The average molecular weight is 238 g/mol. The summed E-state index contributed by atoms with van der Waals surface area (Å²) in [6.07, 6.45) is 1.59. The van der Waals surface area contributed by atoms with E-state index in [1.54, 1.807) is 24.4 Å². The van der Waals surface area contributed by atoms with E-state index in [1.165, 1.54) is 0 Å². The lowest BCUT2D eigenvalue weighted by atomic mass is 10.3. The van der Waals surface area contributed by atoms with Gasteiger partial charge in [0.1, 0.15) is 5.69 Å². The summed E-state index contributed by atoms with van der Waals surface area (Å²) in [6.45, 7) is 4.72. The number of ether oxygens (including phenoxy) is 2. The molecule has 0 saturated heterocycles. The maximum Gasteiger partial charge on any atom is 0.269 e. The van der Waals surface area contributed by atoms with Crippen molar-refractivity contribution in [1.29, 1.82) is 0 Å². The number of pyridine rings is 1. The van der Waals surface area contributed by atoms with E-state index in [2.05, 4.69) is 10.3 Å². The van der Waals surface area contributed by atoms with Crippen LogP contribution in [0.2, 0.25) is 0 Å². The Bertz CT molecular complexity index is 317. The predicted octanol–water partition coefficient (Wildman–Crippen LogP) is 0.864. The number of hydrogen-bond acceptors (Lipinski definition) is 4. The van der Waals surface area contributed by atoms with E-state index >= 15 is 0 Å². The van der Waals surface area contributed by atoms with Crippen LogP contribution in [0.3, 0.4) is 0 Å². The zero-order valence-corrected chi connectivity index (χ0v) is 10.0. The Hall–Kier alpha value is -1.46. The first kappa shape index (κ1) is 13.6. The number of nitrogens with zero attached hydrogens (tertiary/aromatic N) is 1. The molecule has 1 aromatic heterocycles. The monoisotopic (exact) mass is 238 g/mol. The summed E-state index contributed by atoms with van der Waals surface area (Å²) in [5.41, 5.74) is 0.418. The van der Waals surface area contributed by atoms with Gasteiger partial charge in [-0.1, -0.05) is 6.07 Å². The van der Waals surface area contributed by atoms with Gasteiger partial charge in [-0.25, -0.2) is 0 Å². The summed E-state index contributed by atoms with van der Waals surface area (Å²) < 4.78 is 10.4. The first-order valence-electron chi connectivity index (χ1n) is 5.69. The second-order valence-electron chi connectivity index (χ2n) is 3.28. The van der Waals surface area contributed by atoms with Gasteiger partial charge in [-0.15, -0.1) is 0 Å². The largest absolute Gasteiger partial charge is 0.379 e. The van der Waals surface area contributed by atoms with Gasteiger partial charge >= 0.3 is 0 Å². The van der Waals surface area contributed by atoms with Gasteiger partial charge in [-0.05, 0) is 19.1 Å². The SMILES string of the molecule is CCOCCOCCNC(=O)c1ccccn1. The van der Waals surface area contributed by atoms with Crippen molar-refractivity contribution < 1.29 is 14.3 Å². The Morgan fingerprint density at radius 2 is 2.12 bits per heavy atom. The van der Waals surface area contributed by atoms with Crippen LogP contribution in [0.1, 0.15) is 17.4 Å². The molecule has 1 rings (SSSR count). The summed E-state index contributed by atoms with van der Waals surface area (Å²) in [5, 5.41) is 2.72. The molecular weight excluding hydrogens is 220 g/mol. The second-order valence-corrected chi connectivity index (χ2v) is 3.28. The van der Waals surface area contributed by atoms with Crippen LogP contribution >= 0.6 is 0 Å². The van der Waals surface area contributed by atoms with Gasteiger partial charge in [0.15, 0.2) is 0 Å². The van der Waals surface area contributed by atoms with Crippen molar-refractivity contribution in [2.45, 2.75) is 6.92 Å². The molecule has 0 aromatic carbocycles. The highest BCUT2D eigenvalue weighted by atomic mass is 16.5. The number of aromatic nitrogens is 1. The number of rotatable bonds is 8. The summed E-state index contributed by atoms with van der Waals surface area (Å²) >= 11 is 0. The van der Waals surface area contributed by atoms with Gasteiger partial charge < -0.3 is 14.8 Å². The second kappa shape index (κ2) is 8.66. The summed E-state index contributed by atoms with van der Waals surface area (Å²) in [6, 6.07) is 5.22. The quantitative estimate of drug-likeness (QED) is 0.682. The van der Waals surface area contributed by atoms with Crippen molar-refractivity contribution in [2.75, 3.05) is 33.0 Å². The smallest absolute Gasteiger partial charge is 0.269 e. The van der Waals surface area contributed by atoms with Crippen LogP contribution in [0.15, 0.2) is 24.4 Å². The molecule has 0 fully saturated rings. The molecule has 94 valence electrons. The summed E-state index contributed by atoms with van der Waals surface area (Å²) in [5.74, 6) is -0.181. The third-order valence-electron chi connectivity index (χ3n) is 2.01. The average Bonchev–Trinajstić information content (AvgIpc) is 2.38. The van der Waals surface area contributed by atoms with E-state index in [4.69, 9.17) is 9.47 Å². The Morgan fingerprint density at radius 3 is 2.82 bits per heavy atom. The number of hydrogen-bond donors (Lipinski definition) is 1. The minimum atomic E-state index is -0.181. The van der Waals surface area contributed by atoms with Crippen molar-refractivity contribution in [2.24, 2.45) is 0 Å². The molecule has 0 radical (unpaired) electrons. The molecule has 0 aliphatic carbocycles. The Morgan fingerprint density at radius 1 is 1.29 bits per heavy atom. The van der Waals surface area contributed by atoms with Crippen LogP contribution in [0.5, 0.6) is 0 Å². The standard InChI is InChI=1S/C12H18N2O3/c1-2-16-9-10-17-8-7-14-12(15)11-5-3-4-6-13-11/h3-6H,2,7-10H2,1H3,(H,14,15). The molecule has 5 nitrogen and oxygen atoms in total. The van der Waals surface area contributed by atoms with E-state index in [1.807, 2.05) is 6.92 Å².